The van der Waals surface area contributed by atoms with Gasteiger partial charge in [0.2, 0.25) is 0 Å². The van der Waals surface area contributed by atoms with Gasteiger partial charge in [-0.2, -0.15) is 0 Å². The Hall–Kier alpha value is -3.13. The molecule has 0 bridgehead atoms. The summed E-state index contributed by atoms with van der Waals surface area (Å²) in [5, 5.41) is 0. The third-order valence-electron chi connectivity index (χ3n) is 4.60. The second kappa shape index (κ2) is 8.71. The first-order chi connectivity index (χ1) is 14.3. The first kappa shape index (κ1) is 21.6. The molecule has 0 aliphatic heterocycles. The Morgan fingerprint density at radius 3 is 2.27 bits per heavy atom. The fraction of sp³-hybridized carbons (Fsp3) is 0.182. The fourth-order valence-corrected chi connectivity index (χ4v) is 4.41. The maximum atomic E-state index is 14.1. The zero-order chi connectivity index (χ0) is 21.9. The van der Waals surface area contributed by atoms with Crippen LogP contribution in [0.25, 0.3) is 0 Å². The molecule has 0 radical (unpaired) electrons. The molecule has 0 aliphatic carbocycles. The van der Waals surface area contributed by atoms with Gasteiger partial charge in [0.1, 0.15) is 11.6 Å². The number of benzene rings is 3. The van der Waals surface area contributed by atoms with E-state index in [4.69, 9.17) is 9.47 Å². The molecule has 8 heteroatoms. The minimum atomic E-state index is -4.19. The van der Waals surface area contributed by atoms with Crippen LogP contribution in [0, 0.1) is 18.6 Å². The van der Waals surface area contributed by atoms with Gasteiger partial charge in [-0.3, -0.25) is 4.31 Å². The van der Waals surface area contributed by atoms with Gasteiger partial charge in [0, 0.05) is 0 Å². The summed E-state index contributed by atoms with van der Waals surface area (Å²) in [5.74, 6) is -0.313. The summed E-state index contributed by atoms with van der Waals surface area (Å²) in [6.45, 7) is 1.42. The summed E-state index contributed by atoms with van der Waals surface area (Å²) >= 11 is 0. The number of hydrogen-bond acceptors (Lipinski definition) is 4. The molecule has 3 aromatic rings. The molecular weight excluding hydrogens is 412 g/mol. The van der Waals surface area contributed by atoms with E-state index < -0.39 is 21.7 Å². The fourth-order valence-electron chi connectivity index (χ4n) is 2.95. The number of hydrogen-bond donors (Lipinski definition) is 0. The molecule has 0 aliphatic rings. The van der Waals surface area contributed by atoms with Crippen LogP contribution in [0.4, 0.5) is 14.5 Å². The molecule has 0 unspecified atom stereocenters. The molecule has 0 spiro atoms. The van der Waals surface area contributed by atoms with Crippen molar-refractivity contribution in [2.45, 2.75) is 18.4 Å². The lowest BCUT2D eigenvalue weighted by atomic mass is 10.2. The molecule has 158 valence electrons. The predicted octanol–water partition coefficient (Wildman–Crippen LogP) is 4.69. The predicted molar refractivity (Wildman–Crippen MR) is 110 cm³/mol. The first-order valence-corrected chi connectivity index (χ1v) is 10.5. The van der Waals surface area contributed by atoms with E-state index in [0.717, 1.165) is 16.4 Å². The van der Waals surface area contributed by atoms with Crippen LogP contribution in [0.5, 0.6) is 11.5 Å². The highest BCUT2D eigenvalue weighted by Crippen LogP contribution is 2.31. The molecule has 0 N–H and O–H groups in total. The number of anilines is 1. The van der Waals surface area contributed by atoms with Crippen LogP contribution in [0.2, 0.25) is 0 Å². The standard InChI is InChI=1S/C22H21F2NO4S/c1-15-7-9-19(13-20(15)24)30(26,27)25(18-6-4-5-17(23)12-18)14-16-8-10-21(28-2)22(11-16)29-3/h4-13H,14H2,1-3H3. The first-order valence-electron chi connectivity index (χ1n) is 9.01. The van der Waals surface area contributed by atoms with Gasteiger partial charge in [0.25, 0.3) is 10.0 Å². The van der Waals surface area contributed by atoms with Crippen molar-refractivity contribution in [2.24, 2.45) is 0 Å². The Balaban J connectivity index is 2.10. The lowest BCUT2D eigenvalue weighted by Gasteiger charge is -2.25. The van der Waals surface area contributed by atoms with Crippen molar-refractivity contribution in [1.29, 1.82) is 0 Å². The Kier molecular flexibility index (Phi) is 6.26. The summed E-state index contributed by atoms with van der Waals surface area (Å²) in [6.07, 6.45) is 0. The van der Waals surface area contributed by atoms with Crippen LogP contribution in [0.3, 0.4) is 0 Å². The van der Waals surface area contributed by atoms with Crippen molar-refractivity contribution in [3.63, 3.8) is 0 Å². The van der Waals surface area contributed by atoms with Crippen molar-refractivity contribution >= 4 is 15.7 Å². The minimum Gasteiger partial charge on any atom is -0.493 e. The van der Waals surface area contributed by atoms with E-state index in [0.29, 0.717) is 22.6 Å². The zero-order valence-corrected chi connectivity index (χ0v) is 17.5. The van der Waals surface area contributed by atoms with Crippen molar-refractivity contribution < 1.29 is 26.7 Å². The van der Waals surface area contributed by atoms with Crippen molar-refractivity contribution in [1.82, 2.24) is 0 Å². The number of sulfonamides is 1. The normalized spacial score (nSPS) is 11.2. The highest BCUT2D eigenvalue weighted by molar-refractivity contribution is 7.92. The number of ether oxygens (including phenoxy) is 2. The Labute approximate surface area is 174 Å². The van der Waals surface area contributed by atoms with Gasteiger partial charge in [-0.15, -0.1) is 0 Å². The van der Waals surface area contributed by atoms with Gasteiger partial charge in [0.15, 0.2) is 11.5 Å². The minimum absolute atomic E-state index is 0.116. The maximum Gasteiger partial charge on any atom is 0.264 e. The summed E-state index contributed by atoms with van der Waals surface area (Å²) < 4.78 is 66.2. The summed E-state index contributed by atoms with van der Waals surface area (Å²) in [6, 6.07) is 13.9. The Morgan fingerprint density at radius 2 is 1.63 bits per heavy atom. The van der Waals surface area contributed by atoms with Crippen molar-refractivity contribution in [3.05, 3.63) is 83.4 Å². The van der Waals surface area contributed by atoms with Gasteiger partial charge < -0.3 is 9.47 Å². The van der Waals surface area contributed by atoms with E-state index in [-0.39, 0.29) is 17.1 Å². The van der Waals surface area contributed by atoms with E-state index in [1.54, 1.807) is 25.1 Å². The summed E-state index contributed by atoms with van der Waals surface area (Å²) in [7, 11) is -1.23. The number of halogens is 2. The van der Waals surface area contributed by atoms with Gasteiger partial charge in [-0.1, -0.05) is 18.2 Å². The van der Waals surface area contributed by atoms with Crippen LogP contribution in [-0.2, 0) is 16.6 Å². The molecule has 30 heavy (non-hydrogen) atoms. The summed E-state index contributed by atoms with van der Waals surface area (Å²) in [5.41, 5.74) is 1.02. The topological polar surface area (TPSA) is 55.8 Å². The lowest BCUT2D eigenvalue weighted by molar-refractivity contribution is 0.354. The second-order valence-electron chi connectivity index (χ2n) is 6.59. The van der Waals surface area contributed by atoms with Crippen LogP contribution < -0.4 is 13.8 Å². The van der Waals surface area contributed by atoms with Gasteiger partial charge in [0.05, 0.1) is 31.3 Å². The van der Waals surface area contributed by atoms with Crippen LogP contribution in [0.15, 0.2) is 65.6 Å². The smallest absolute Gasteiger partial charge is 0.264 e. The van der Waals surface area contributed by atoms with Gasteiger partial charge in [-0.25, -0.2) is 17.2 Å². The molecule has 0 saturated heterocycles. The molecule has 0 saturated carbocycles. The summed E-state index contributed by atoms with van der Waals surface area (Å²) in [4.78, 5) is -0.227. The molecule has 0 heterocycles. The number of rotatable bonds is 7. The van der Waals surface area contributed by atoms with Crippen LogP contribution in [-0.4, -0.2) is 22.6 Å². The number of nitrogens with zero attached hydrogens (tertiary/aromatic N) is 1. The van der Waals surface area contributed by atoms with E-state index in [1.807, 2.05) is 0 Å². The van der Waals surface area contributed by atoms with Crippen molar-refractivity contribution in [3.8, 4) is 11.5 Å². The van der Waals surface area contributed by atoms with Crippen LogP contribution in [0.1, 0.15) is 11.1 Å². The molecule has 0 fully saturated rings. The monoisotopic (exact) mass is 433 g/mol. The van der Waals surface area contributed by atoms with E-state index in [1.165, 1.54) is 44.6 Å². The third kappa shape index (κ3) is 4.38. The van der Waals surface area contributed by atoms with E-state index in [9.17, 15) is 17.2 Å². The molecule has 3 rings (SSSR count). The van der Waals surface area contributed by atoms with Gasteiger partial charge >= 0.3 is 0 Å². The SMILES string of the molecule is COc1ccc(CN(c2cccc(F)c2)S(=O)(=O)c2ccc(C)c(F)c2)cc1OC. The molecule has 0 aromatic heterocycles. The van der Waals surface area contributed by atoms with Gasteiger partial charge in [-0.05, 0) is 60.5 Å². The highest BCUT2D eigenvalue weighted by atomic mass is 32.2. The molecule has 3 aromatic carbocycles. The number of methoxy groups -OCH3 is 2. The average Bonchev–Trinajstić information content (AvgIpc) is 2.73. The van der Waals surface area contributed by atoms with E-state index >= 15 is 0 Å². The highest BCUT2D eigenvalue weighted by Gasteiger charge is 2.27. The molecule has 0 amide bonds. The number of aryl methyl sites for hydroxylation is 1. The average molecular weight is 433 g/mol. The van der Waals surface area contributed by atoms with Crippen LogP contribution >= 0.6 is 0 Å². The Morgan fingerprint density at radius 1 is 0.900 bits per heavy atom. The largest absolute Gasteiger partial charge is 0.493 e. The lowest BCUT2D eigenvalue weighted by Crippen LogP contribution is -2.30. The second-order valence-corrected chi connectivity index (χ2v) is 8.45. The molecule has 0 atom stereocenters. The zero-order valence-electron chi connectivity index (χ0n) is 16.7. The quantitative estimate of drug-likeness (QED) is 0.543. The third-order valence-corrected chi connectivity index (χ3v) is 6.37. The van der Waals surface area contributed by atoms with Crippen molar-refractivity contribution in [2.75, 3.05) is 18.5 Å². The Bertz CT molecular complexity index is 1170. The molecule has 5 nitrogen and oxygen atoms in total. The van der Waals surface area contributed by atoms with E-state index in [2.05, 4.69) is 0 Å². The maximum absolute atomic E-state index is 14.1. The molecular formula is C22H21F2NO4S.